The van der Waals surface area contributed by atoms with E-state index in [9.17, 15) is 32.8 Å². The average molecular weight is 1610 g/mol. The van der Waals surface area contributed by atoms with E-state index in [4.69, 9.17) is 33.2 Å². The molecule has 0 saturated heterocycles. The van der Waals surface area contributed by atoms with Crippen molar-refractivity contribution in [3.05, 3.63) is 282 Å². The van der Waals surface area contributed by atoms with Crippen molar-refractivity contribution in [2.75, 3.05) is 40.3 Å². The van der Waals surface area contributed by atoms with Gasteiger partial charge in [0.15, 0.2) is 0 Å². The van der Waals surface area contributed by atoms with E-state index in [-0.39, 0.29) is 41.7 Å². The van der Waals surface area contributed by atoms with Crippen LogP contribution in [0.4, 0.5) is 37.2 Å². The quantitative estimate of drug-likeness (QED) is 0.0275. The molecule has 1 aliphatic carbocycles. The summed E-state index contributed by atoms with van der Waals surface area (Å²) in [5, 5.41) is 14.5. The second-order valence-corrected chi connectivity index (χ2v) is 29.3. The number of benzene rings is 10. The Morgan fingerprint density at radius 2 is 0.619 bits per heavy atom. The number of carbonyl (C=O) groups is 5. The lowest BCUT2D eigenvalue weighted by atomic mass is 10.1. The maximum Gasteiger partial charge on any atom is 0.263 e. The van der Waals surface area contributed by atoms with Gasteiger partial charge in [0.2, 0.25) is 29.5 Å². The monoisotopic (exact) mass is 1610 g/mol. The Hall–Kier alpha value is -12.0. The molecule has 1 fully saturated rings. The maximum atomic E-state index is 13.0. The summed E-state index contributed by atoms with van der Waals surface area (Å²) in [6, 6.07) is 58.1. The first kappa shape index (κ1) is 93.2. The topological polar surface area (TPSA) is 210 Å². The van der Waals surface area contributed by atoms with Gasteiger partial charge < -0.3 is 59.7 Å². The molecule has 17 nitrogen and oxygen atoms in total. The second-order valence-electron chi connectivity index (χ2n) is 29.3. The van der Waals surface area contributed by atoms with Crippen molar-refractivity contribution in [2.45, 2.75) is 214 Å². The summed E-state index contributed by atoms with van der Waals surface area (Å²) >= 11 is 0. The van der Waals surface area contributed by atoms with Gasteiger partial charge in [0.05, 0.1) is 13.7 Å². The van der Waals surface area contributed by atoms with Crippen LogP contribution in [-0.4, -0.2) is 43.3 Å². The third kappa shape index (κ3) is 30.2. The number of halogens is 2. The molecule has 0 aromatic heterocycles. The Morgan fingerprint density at radius 3 is 0.915 bits per heavy atom. The summed E-state index contributed by atoms with van der Waals surface area (Å²) < 4.78 is 66.4. The van der Waals surface area contributed by atoms with Gasteiger partial charge in [0.1, 0.15) is 73.3 Å². The summed E-state index contributed by atoms with van der Waals surface area (Å²) in [4.78, 5) is 58.5. The van der Waals surface area contributed by atoms with E-state index in [1.807, 2.05) is 184 Å². The first-order valence-electron chi connectivity index (χ1n) is 40.6. The minimum Gasteiger partial charge on any atom is -0.497 e. The summed E-state index contributed by atoms with van der Waals surface area (Å²) in [6.07, 6.45) is 3.03. The smallest absolute Gasteiger partial charge is 0.263 e. The van der Waals surface area contributed by atoms with Crippen LogP contribution in [0.25, 0.3) is 0 Å². The SMILES string of the molecule is CCC(=O)Nc1ccc(C(F)F)cc1COc1ccc(C)cc1C.CCC(=O)Nc1ccc(C2CC2)cc1COc1ccc(C)cc1C.CCC(=O)Nc1ccc(CC)cc1COc1ccc(C)cc1C.CCC(=O)Nc1ccc(OC)cc1COc1ccc(C)cc1C.CCOc1ccc(NC(=O)CC)c(COc2ccc(C)cc2C)c1. The number of anilines is 5. The molecule has 5 amide bonds. The third-order valence-corrected chi connectivity index (χ3v) is 19.4. The van der Waals surface area contributed by atoms with Crippen molar-refractivity contribution in [2.24, 2.45) is 0 Å². The molecule has 1 saturated carbocycles. The van der Waals surface area contributed by atoms with Crippen LogP contribution >= 0.6 is 0 Å². The second kappa shape index (κ2) is 47.3. The van der Waals surface area contributed by atoms with Gasteiger partial charge >= 0.3 is 0 Å². The zero-order chi connectivity index (χ0) is 86.0. The molecule has 10 aromatic carbocycles. The van der Waals surface area contributed by atoms with Crippen LogP contribution in [0, 0.1) is 69.2 Å². The Bertz CT molecular complexity index is 4780. The highest BCUT2D eigenvalue weighted by Gasteiger charge is 2.25. The number of methoxy groups -OCH3 is 1. The fraction of sp³-hybridized carbons (Fsp3) is 0.343. The number of aryl methyl sites for hydroxylation is 11. The van der Waals surface area contributed by atoms with Crippen molar-refractivity contribution in [3.8, 4) is 40.2 Å². The Balaban J connectivity index is 0.000000204. The third-order valence-electron chi connectivity index (χ3n) is 19.4. The van der Waals surface area contributed by atoms with Gasteiger partial charge in [-0.3, -0.25) is 24.0 Å². The van der Waals surface area contributed by atoms with E-state index in [2.05, 4.69) is 117 Å². The lowest BCUT2D eigenvalue weighted by molar-refractivity contribution is -0.116. The van der Waals surface area contributed by atoms with E-state index in [1.54, 1.807) is 14.0 Å². The number of amides is 5. The summed E-state index contributed by atoms with van der Waals surface area (Å²) in [7, 11) is 1.62. The fourth-order valence-corrected chi connectivity index (χ4v) is 12.4. The van der Waals surface area contributed by atoms with E-state index in [1.165, 1.54) is 64.4 Å². The minimum atomic E-state index is -2.57. The largest absolute Gasteiger partial charge is 0.497 e. The first-order valence-corrected chi connectivity index (χ1v) is 40.6. The molecule has 626 valence electrons. The van der Waals surface area contributed by atoms with Crippen molar-refractivity contribution < 1.29 is 65.9 Å². The molecule has 0 spiro atoms. The molecule has 118 heavy (non-hydrogen) atoms. The van der Waals surface area contributed by atoms with Gasteiger partial charge in [0, 0.05) is 93.9 Å². The lowest BCUT2D eigenvalue weighted by Gasteiger charge is -2.15. The number of ether oxygens (including phenoxy) is 7. The summed E-state index contributed by atoms with van der Waals surface area (Å²) in [5.41, 5.74) is 21.9. The highest BCUT2D eigenvalue weighted by molar-refractivity contribution is 5.94. The molecule has 0 heterocycles. The molecule has 0 atom stereocenters. The minimum absolute atomic E-state index is 0.0158. The molecular weight excluding hydrogens is 1490 g/mol. The normalized spacial score (nSPS) is 11.1. The van der Waals surface area contributed by atoms with E-state index in [0.29, 0.717) is 88.1 Å². The number of rotatable bonds is 31. The molecule has 5 N–H and O–H groups in total. The lowest BCUT2D eigenvalue weighted by Crippen LogP contribution is -2.12. The van der Waals surface area contributed by atoms with E-state index < -0.39 is 6.43 Å². The van der Waals surface area contributed by atoms with Crippen LogP contribution < -0.4 is 59.7 Å². The van der Waals surface area contributed by atoms with Crippen LogP contribution in [0.1, 0.15) is 206 Å². The molecule has 11 rings (SSSR count). The Labute approximate surface area is 697 Å². The van der Waals surface area contributed by atoms with Gasteiger partial charge in [-0.25, -0.2) is 8.78 Å². The number of nitrogens with one attached hydrogen (secondary N) is 5. The maximum absolute atomic E-state index is 13.0. The molecule has 0 unspecified atom stereocenters. The molecule has 0 radical (unpaired) electrons. The van der Waals surface area contributed by atoms with Crippen LogP contribution in [0.5, 0.6) is 40.2 Å². The first-order chi connectivity index (χ1) is 56.5. The van der Waals surface area contributed by atoms with Gasteiger partial charge in [-0.05, 0) is 231 Å². The van der Waals surface area contributed by atoms with Crippen molar-refractivity contribution in [3.63, 3.8) is 0 Å². The number of hydrogen-bond donors (Lipinski definition) is 5. The summed E-state index contributed by atoms with van der Waals surface area (Å²) in [6.45, 7) is 35.8. The molecule has 10 aromatic rings. The predicted molar refractivity (Wildman–Crippen MR) is 472 cm³/mol. The van der Waals surface area contributed by atoms with E-state index >= 15 is 0 Å². The van der Waals surface area contributed by atoms with Gasteiger partial charge in [-0.15, -0.1) is 0 Å². The Morgan fingerprint density at radius 1 is 0.331 bits per heavy atom. The highest BCUT2D eigenvalue weighted by atomic mass is 19.3. The zero-order valence-corrected chi connectivity index (χ0v) is 72.0. The highest BCUT2D eigenvalue weighted by Crippen LogP contribution is 2.42. The average Bonchev–Trinajstić information content (AvgIpc) is 1.65. The zero-order valence-electron chi connectivity index (χ0n) is 72.0. The van der Waals surface area contributed by atoms with Crippen LogP contribution in [0.15, 0.2) is 182 Å². The van der Waals surface area contributed by atoms with Crippen molar-refractivity contribution in [1.82, 2.24) is 0 Å². The summed E-state index contributed by atoms with van der Waals surface area (Å²) in [5.74, 6) is 6.16. The molecular formula is C99H119F2N5O12. The van der Waals surface area contributed by atoms with Crippen LogP contribution in [0.2, 0.25) is 0 Å². The molecule has 19 heteroatoms. The van der Waals surface area contributed by atoms with Crippen molar-refractivity contribution >= 4 is 58.0 Å². The fourth-order valence-electron chi connectivity index (χ4n) is 12.4. The standard InChI is InChI=1S/C21H25NO2.C20H25NO3.C20H25NO2.C19H21F2NO2.C19H23NO3/c1-4-21(23)22-19-9-8-17(16-6-7-16)12-18(19)13-24-20-10-5-14(2)11-15(20)3;1-5-20(22)21-18-9-8-17(23-6-2)12-16(18)13-24-19-10-7-14(3)11-15(19)4;1-5-16-8-9-18(21-20(22)6-2)17(12-16)13-23-19-10-7-14(3)11-15(19)4;1-4-18(23)22-16-7-6-14(19(20)21)10-15(16)11-24-17-8-5-12(2)9-13(17)3;1-5-19(21)20-17-8-7-16(22-4)11-15(17)12-23-18-9-6-13(2)10-14(18)3/h5,8-12,16H,4,6-7,13H2,1-3H3,(H,22,23);7-12H,5-6,13H2,1-4H3,(H,21,22);7-12H,5-6,13H2,1-4H3,(H,21,22);5-10,19H,4,11H2,1-3H3,(H,22,23);6-11H,5,12H2,1-4H3,(H,20,21). The van der Waals surface area contributed by atoms with Gasteiger partial charge in [-0.2, -0.15) is 0 Å². The van der Waals surface area contributed by atoms with E-state index in [0.717, 1.165) is 119 Å². The molecule has 0 bridgehead atoms. The van der Waals surface area contributed by atoms with Crippen molar-refractivity contribution in [1.29, 1.82) is 0 Å². The van der Waals surface area contributed by atoms with Gasteiger partial charge in [0.25, 0.3) is 6.43 Å². The number of hydrogen-bond acceptors (Lipinski definition) is 12. The Kier molecular flexibility index (Phi) is 37.3. The van der Waals surface area contributed by atoms with Gasteiger partial charge in [-0.1, -0.05) is 160 Å². The number of alkyl halides is 2. The molecule has 1 aliphatic rings. The predicted octanol–water partition coefficient (Wildman–Crippen LogP) is 23.9. The molecule has 0 aliphatic heterocycles. The van der Waals surface area contributed by atoms with Crippen LogP contribution in [0.3, 0.4) is 0 Å². The number of carbonyl (C=O) groups excluding carboxylic acids is 5. The van der Waals surface area contributed by atoms with Crippen LogP contribution in [-0.2, 0) is 63.4 Å².